The molecule has 1 N–H and O–H groups in total. The minimum atomic E-state index is -0.985. The number of aryl methyl sites for hydroxylation is 2. The van der Waals surface area contributed by atoms with Crippen LogP contribution >= 0.6 is 0 Å². The zero-order chi connectivity index (χ0) is 12.3. The van der Waals surface area contributed by atoms with Crippen LogP contribution in [0.15, 0.2) is 0 Å². The Labute approximate surface area is 94.5 Å². The second-order valence-electron chi connectivity index (χ2n) is 3.74. The van der Waals surface area contributed by atoms with Crippen molar-refractivity contribution < 1.29 is 14.6 Å². The number of carboxylic acids is 1. The van der Waals surface area contributed by atoms with E-state index in [1.54, 1.807) is 21.0 Å². The Bertz CT molecular complexity index is 381. The Balaban J connectivity index is 3.05. The van der Waals surface area contributed by atoms with E-state index >= 15 is 0 Å². The Morgan fingerprint density at radius 1 is 1.38 bits per heavy atom. The molecule has 0 bridgehead atoms. The van der Waals surface area contributed by atoms with Crippen molar-refractivity contribution in [2.24, 2.45) is 0 Å². The molecule has 0 aliphatic rings. The maximum Gasteiger partial charge on any atom is 0.339 e. The van der Waals surface area contributed by atoms with Gasteiger partial charge in [-0.15, -0.1) is 0 Å². The van der Waals surface area contributed by atoms with Crippen LogP contribution in [0.4, 0.5) is 0 Å². The Morgan fingerprint density at radius 3 is 2.25 bits per heavy atom. The van der Waals surface area contributed by atoms with Gasteiger partial charge in [0.2, 0.25) is 0 Å². The summed E-state index contributed by atoms with van der Waals surface area (Å²) in [5.74, 6) is -0.365. The van der Waals surface area contributed by atoms with Crippen molar-refractivity contribution in [2.75, 3.05) is 7.11 Å². The molecule has 0 aromatic carbocycles. The molecule has 1 unspecified atom stereocenters. The lowest BCUT2D eigenvalue weighted by atomic mass is 10.1. The average molecular weight is 224 g/mol. The highest BCUT2D eigenvalue weighted by Gasteiger charge is 2.15. The van der Waals surface area contributed by atoms with Gasteiger partial charge in [-0.1, -0.05) is 0 Å². The van der Waals surface area contributed by atoms with Gasteiger partial charge in [0.25, 0.3) is 0 Å². The summed E-state index contributed by atoms with van der Waals surface area (Å²) in [4.78, 5) is 19.3. The third kappa shape index (κ3) is 2.76. The third-order valence-corrected chi connectivity index (χ3v) is 2.40. The molecule has 0 aliphatic carbocycles. The van der Waals surface area contributed by atoms with E-state index in [1.165, 1.54) is 0 Å². The molecule has 5 heteroatoms. The van der Waals surface area contributed by atoms with Crippen LogP contribution in [0.3, 0.4) is 0 Å². The first-order chi connectivity index (χ1) is 7.45. The normalized spacial score (nSPS) is 12.5. The van der Waals surface area contributed by atoms with Crippen molar-refractivity contribution in [3.8, 4) is 0 Å². The molecule has 1 atom stereocenters. The summed E-state index contributed by atoms with van der Waals surface area (Å²) in [6.07, 6.45) is 0.604. The summed E-state index contributed by atoms with van der Waals surface area (Å²) >= 11 is 0. The number of rotatable bonds is 4. The second-order valence-corrected chi connectivity index (χ2v) is 3.74. The van der Waals surface area contributed by atoms with Crippen molar-refractivity contribution in [1.82, 2.24) is 9.97 Å². The fraction of sp³-hybridized carbons (Fsp3) is 0.545. The number of nitrogens with zero attached hydrogens (tertiary/aromatic N) is 2. The minimum absolute atomic E-state index is 0.0227. The van der Waals surface area contributed by atoms with Gasteiger partial charge in [0.05, 0.1) is 17.5 Å². The van der Waals surface area contributed by atoms with Crippen molar-refractivity contribution >= 4 is 5.97 Å². The molecule has 0 aliphatic heterocycles. The lowest BCUT2D eigenvalue weighted by Gasteiger charge is -2.10. The van der Waals surface area contributed by atoms with Gasteiger partial charge >= 0.3 is 5.97 Å². The zero-order valence-electron chi connectivity index (χ0n) is 9.94. The van der Waals surface area contributed by atoms with Crippen LogP contribution in [-0.2, 0) is 11.2 Å². The molecule has 1 heterocycles. The molecular weight excluding hydrogens is 208 g/mol. The van der Waals surface area contributed by atoms with E-state index in [4.69, 9.17) is 9.84 Å². The first-order valence-electron chi connectivity index (χ1n) is 5.06. The minimum Gasteiger partial charge on any atom is -0.478 e. The second kappa shape index (κ2) is 5.03. The standard InChI is InChI=1S/C11H16N2O3/c1-6(16-4)5-9-12-7(2)10(11(14)15)8(3)13-9/h6H,5H2,1-4H3,(H,14,15). The lowest BCUT2D eigenvalue weighted by molar-refractivity contribution is 0.0694. The van der Waals surface area contributed by atoms with Crippen molar-refractivity contribution in [1.29, 1.82) is 0 Å². The monoisotopic (exact) mass is 224 g/mol. The molecule has 0 saturated carbocycles. The van der Waals surface area contributed by atoms with Gasteiger partial charge in [-0.25, -0.2) is 14.8 Å². The largest absolute Gasteiger partial charge is 0.478 e. The first-order valence-corrected chi connectivity index (χ1v) is 5.06. The van der Waals surface area contributed by atoms with E-state index in [0.29, 0.717) is 23.6 Å². The van der Waals surface area contributed by atoms with Gasteiger partial charge < -0.3 is 9.84 Å². The average Bonchev–Trinajstić information content (AvgIpc) is 2.15. The molecule has 5 nitrogen and oxygen atoms in total. The third-order valence-electron chi connectivity index (χ3n) is 2.40. The Morgan fingerprint density at radius 2 is 1.88 bits per heavy atom. The number of aromatic carboxylic acids is 1. The van der Waals surface area contributed by atoms with Crippen molar-refractivity contribution in [2.45, 2.75) is 33.3 Å². The number of aromatic nitrogens is 2. The number of carboxylic acid groups (broad SMARTS) is 1. The van der Waals surface area contributed by atoms with Crippen molar-refractivity contribution in [3.05, 3.63) is 22.8 Å². The van der Waals surface area contributed by atoms with Crippen LogP contribution in [0.25, 0.3) is 0 Å². The van der Waals surface area contributed by atoms with E-state index < -0.39 is 5.97 Å². The quantitative estimate of drug-likeness (QED) is 0.836. The smallest absolute Gasteiger partial charge is 0.339 e. The molecule has 0 radical (unpaired) electrons. The van der Waals surface area contributed by atoms with Gasteiger partial charge in [-0.05, 0) is 20.8 Å². The van der Waals surface area contributed by atoms with E-state index in [0.717, 1.165) is 0 Å². The van der Waals surface area contributed by atoms with E-state index in [2.05, 4.69) is 9.97 Å². The molecule has 0 saturated heterocycles. The van der Waals surface area contributed by atoms with Crippen LogP contribution in [0.2, 0.25) is 0 Å². The van der Waals surface area contributed by atoms with Crippen molar-refractivity contribution in [3.63, 3.8) is 0 Å². The highest BCUT2D eigenvalue weighted by atomic mass is 16.5. The van der Waals surface area contributed by atoms with Crippen LogP contribution < -0.4 is 0 Å². The molecule has 1 aromatic heterocycles. The molecule has 1 aromatic rings. The topological polar surface area (TPSA) is 72.3 Å². The SMILES string of the molecule is COC(C)Cc1nc(C)c(C(=O)O)c(C)n1. The van der Waals surface area contributed by atoms with Gasteiger partial charge in [0.15, 0.2) is 0 Å². The maximum atomic E-state index is 10.9. The van der Waals surface area contributed by atoms with Crippen LogP contribution in [0, 0.1) is 13.8 Å². The number of carbonyl (C=O) groups is 1. The van der Waals surface area contributed by atoms with Crippen LogP contribution in [0.5, 0.6) is 0 Å². The van der Waals surface area contributed by atoms with Gasteiger partial charge in [-0.3, -0.25) is 0 Å². The highest BCUT2D eigenvalue weighted by molar-refractivity contribution is 5.89. The predicted molar refractivity (Wildman–Crippen MR) is 58.6 cm³/mol. The summed E-state index contributed by atoms with van der Waals surface area (Å²) in [6, 6.07) is 0. The molecule has 0 amide bonds. The fourth-order valence-corrected chi connectivity index (χ4v) is 1.53. The van der Waals surface area contributed by atoms with E-state index in [9.17, 15) is 4.79 Å². The first kappa shape index (κ1) is 12.6. The summed E-state index contributed by atoms with van der Waals surface area (Å²) < 4.78 is 5.12. The predicted octanol–water partition coefficient (Wildman–Crippen LogP) is 1.37. The summed E-state index contributed by atoms with van der Waals surface area (Å²) in [5.41, 5.74) is 1.19. The number of hydrogen-bond acceptors (Lipinski definition) is 4. The summed E-state index contributed by atoms with van der Waals surface area (Å²) in [6.45, 7) is 5.28. The zero-order valence-corrected chi connectivity index (χ0v) is 9.94. The molecule has 0 fully saturated rings. The number of ether oxygens (including phenoxy) is 1. The summed E-state index contributed by atoms with van der Waals surface area (Å²) in [7, 11) is 1.62. The van der Waals surface area contributed by atoms with Crippen LogP contribution in [0.1, 0.15) is 34.5 Å². The molecule has 88 valence electrons. The van der Waals surface area contributed by atoms with Gasteiger partial charge in [0, 0.05) is 13.5 Å². The molecule has 1 rings (SSSR count). The number of methoxy groups -OCH3 is 1. The van der Waals surface area contributed by atoms with E-state index in [-0.39, 0.29) is 11.7 Å². The fourth-order valence-electron chi connectivity index (χ4n) is 1.53. The molecule has 0 spiro atoms. The number of hydrogen-bond donors (Lipinski definition) is 1. The van der Waals surface area contributed by atoms with Gasteiger partial charge in [0.1, 0.15) is 11.4 Å². The Hall–Kier alpha value is -1.49. The summed E-state index contributed by atoms with van der Waals surface area (Å²) in [5, 5.41) is 8.96. The van der Waals surface area contributed by atoms with Crippen LogP contribution in [-0.4, -0.2) is 34.3 Å². The Kier molecular flexibility index (Phi) is 3.95. The highest BCUT2D eigenvalue weighted by Crippen LogP contribution is 2.11. The van der Waals surface area contributed by atoms with E-state index in [1.807, 2.05) is 6.92 Å². The lowest BCUT2D eigenvalue weighted by Crippen LogP contribution is -2.15. The molecular formula is C11H16N2O3. The van der Waals surface area contributed by atoms with Gasteiger partial charge in [-0.2, -0.15) is 0 Å². The maximum absolute atomic E-state index is 10.9. The molecule has 16 heavy (non-hydrogen) atoms.